The molecule has 1 aromatic carbocycles. The second kappa shape index (κ2) is 8.06. The molecule has 5 nitrogen and oxygen atoms in total. The molecule has 1 aliphatic heterocycles. The van der Waals surface area contributed by atoms with Crippen molar-refractivity contribution in [2.45, 2.75) is 52.1 Å². The predicted octanol–water partition coefficient (Wildman–Crippen LogP) is 3.32. The van der Waals surface area contributed by atoms with E-state index in [-0.39, 0.29) is 11.0 Å². The summed E-state index contributed by atoms with van der Waals surface area (Å²) in [5.41, 5.74) is 2.74. The lowest BCUT2D eigenvalue weighted by Gasteiger charge is -2.32. The summed E-state index contributed by atoms with van der Waals surface area (Å²) in [6.45, 7) is 9.95. The lowest BCUT2D eigenvalue weighted by atomic mass is 9.92. The Labute approximate surface area is 161 Å². The van der Waals surface area contributed by atoms with Gasteiger partial charge in [0.1, 0.15) is 0 Å². The van der Waals surface area contributed by atoms with Gasteiger partial charge in [-0.1, -0.05) is 32.9 Å². The van der Waals surface area contributed by atoms with E-state index in [1.807, 2.05) is 24.3 Å². The number of benzene rings is 1. The van der Waals surface area contributed by atoms with Gasteiger partial charge in [0.2, 0.25) is 0 Å². The standard InChI is InChI=1S/C22H28N4O/c1-22(2,3)20-12-21(27)26(16-24-20)15-19-8-10-25(11-9-19)14-18-6-4-17(13-23)5-7-18/h4-7,12,16,19H,8-11,14-15H2,1-3H3. The van der Waals surface area contributed by atoms with Crippen molar-refractivity contribution in [2.24, 2.45) is 5.92 Å². The molecule has 0 spiro atoms. The smallest absolute Gasteiger partial charge is 0.253 e. The summed E-state index contributed by atoms with van der Waals surface area (Å²) < 4.78 is 1.76. The predicted molar refractivity (Wildman–Crippen MR) is 106 cm³/mol. The molecule has 0 N–H and O–H groups in total. The van der Waals surface area contributed by atoms with Crippen LogP contribution in [-0.4, -0.2) is 27.5 Å². The summed E-state index contributed by atoms with van der Waals surface area (Å²) in [6.07, 6.45) is 3.89. The largest absolute Gasteiger partial charge is 0.299 e. The van der Waals surface area contributed by atoms with Crippen molar-refractivity contribution in [2.75, 3.05) is 13.1 Å². The van der Waals surface area contributed by atoms with Gasteiger partial charge in [-0.25, -0.2) is 4.98 Å². The van der Waals surface area contributed by atoms with E-state index in [2.05, 4.69) is 36.7 Å². The third-order valence-corrected chi connectivity index (χ3v) is 5.30. The van der Waals surface area contributed by atoms with Gasteiger partial charge < -0.3 is 0 Å². The maximum Gasteiger partial charge on any atom is 0.253 e. The normalized spacial score (nSPS) is 16.2. The molecule has 2 aromatic rings. The molecule has 0 saturated carbocycles. The zero-order valence-electron chi connectivity index (χ0n) is 16.5. The minimum atomic E-state index is -0.102. The van der Waals surface area contributed by atoms with Gasteiger partial charge in [0.05, 0.1) is 23.7 Å². The van der Waals surface area contributed by atoms with Gasteiger partial charge in [0.25, 0.3) is 5.56 Å². The first-order valence-electron chi connectivity index (χ1n) is 9.63. The Morgan fingerprint density at radius 3 is 2.41 bits per heavy atom. The van der Waals surface area contributed by atoms with Gasteiger partial charge in [0, 0.05) is 24.6 Å². The summed E-state index contributed by atoms with van der Waals surface area (Å²) in [4.78, 5) is 19.3. The van der Waals surface area contributed by atoms with Gasteiger partial charge in [-0.15, -0.1) is 0 Å². The number of hydrogen-bond donors (Lipinski definition) is 0. The van der Waals surface area contributed by atoms with Crippen molar-refractivity contribution in [3.63, 3.8) is 0 Å². The fraction of sp³-hybridized carbons (Fsp3) is 0.500. The molecule has 1 aromatic heterocycles. The molecule has 1 aliphatic rings. The Hall–Kier alpha value is -2.45. The summed E-state index contributed by atoms with van der Waals surface area (Å²) in [5, 5.41) is 8.89. The summed E-state index contributed by atoms with van der Waals surface area (Å²) in [6, 6.07) is 11.7. The van der Waals surface area contributed by atoms with Crippen molar-refractivity contribution >= 4 is 0 Å². The highest BCUT2D eigenvalue weighted by Gasteiger charge is 2.21. The van der Waals surface area contributed by atoms with Gasteiger partial charge >= 0.3 is 0 Å². The van der Waals surface area contributed by atoms with Crippen molar-refractivity contribution in [1.82, 2.24) is 14.5 Å². The first-order valence-corrected chi connectivity index (χ1v) is 9.63. The van der Waals surface area contributed by atoms with Gasteiger partial charge in [-0.2, -0.15) is 5.26 Å². The van der Waals surface area contributed by atoms with Gasteiger partial charge in [-0.3, -0.25) is 14.3 Å². The van der Waals surface area contributed by atoms with Crippen molar-refractivity contribution in [3.8, 4) is 6.07 Å². The minimum Gasteiger partial charge on any atom is -0.299 e. The SMILES string of the molecule is CC(C)(C)c1cc(=O)n(CC2CCN(Cc3ccc(C#N)cc3)CC2)cn1. The van der Waals surface area contributed by atoms with Gasteiger partial charge in [-0.05, 0) is 49.5 Å². The highest BCUT2D eigenvalue weighted by Crippen LogP contribution is 2.21. The molecule has 5 heteroatoms. The fourth-order valence-corrected chi connectivity index (χ4v) is 3.52. The molecule has 0 bridgehead atoms. The molecule has 0 unspecified atom stereocenters. The molecule has 0 aliphatic carbocycles. The van der Waals surface area contributed by atoms with E-state index in [1.54, 1.807) is 17.0 Å². The third-order valence-electron chi connectivity index (χ3n) is 5.30. The van der Waals surface area contributed by atoms with E-state index in [4.69, 9.17) is 5.26 Å². The van der Waals surface area contributed by atoms with Crippen molar-refractivity contribution < 1.29 is 0 Å². The van der Waals surface area contributed by atoms with Crippen LogP contribution >= 0.6 is 0 Å². The minimum absolute atomic E-state index is 0.0509. The molecule has 1 saturated heterocycles. The monoisotopic (exact) mass is 364 g/mol. The molecule has 2 heterocycles. The topological polar surface area (TPSA) is 61.9 Å². The Morgan fingerprint density at radius 1 is 1.19 bits per heavy atom. The Morgan fingerprint density at radius 2 is 1.85 bits per heavy atom. The average Bonchev–Trinajstić information content (AvgIpc) is 2.65. The summed E-state index contributed by atoms with van der Waals surface area (Å²) in [5.74, 6) is 0.516. The van der Waals surface area contributed by atoms with Gasteiger partial charge in [0.15, 0.2) is 0 Å². The van der Waals surface area contributed by atoms with E-state index in [9.17, 15) is 4.79 Å². The Balaban J connectivity index is 1.53. The molecular formula is C22H28N4O. The van der Waals surface area contributed by atoms with E-state index in [0.717, 1.165) is 44.7 Å². The number of hydrogen-bond acceptors (Lipinski definition) is 4. The Bertz CT molecular complexity index is 863. The first-order chi connectivity index (χ1) is 12.8. The molecule has 1 fully saturated rings. The molecule has 27 heavy (non-hydrogen) atoms. The second-order valence-electron chi connectivity index (χ2n) is 8.54. The number of aromatic nitrogens is 2. The fourth-order valence-electron chi connectivity index (χ4n) is 3.52. The highest BCUT2D eigenvalue weighted by atomic mass is 16.1. The van der Waals surface area contributed by atoms with Crippen LogP contribution in [-0.2, 0) is 18.5 Å². The molecule has 0 atom stereocenters. The maximum absolute atomic E-state index is 12.4. The molecule has 3 rings (SSSR count). The van der Waals surface area contributed by atoms with E-state index in [0.29, 0.717) is 11.5 Å². The van der Waals surface area contributed by atoms with Crippen LogP contribution in [0, 0.1) is 17.2 Å². The van der Waals surface area contributed by atoms with Crippen molar-refractivity contribution in [3.05, 3.63) is 63.8 Å². The number of nitrogens with zero attached hydrogens (tertiary/aromatic N) is 4. The number of nitriles is 1. The highest BCUT2D eigenvalue weighted by molar-refractivity contribution is 5.31. The van der Waals surface area contributed by atoms with Crippen LogP contribution in [0.3, 0.4) is 0 Å². The van der Waals surface area contributed by atoms with Crippen LogP contribution in [0.5, 0.6) is 0 Å². The zero-order valence-corrected chi connectivity index (χ0v) is 16.5. The average molecular weight is 364 g/mol. The third kappa shape index (κ3) is 5.05. The summed E-state index contributed by atoms with van der Waals surface area (Å²) >= 11 is 0. The van der Waals surface area contributed by atoms with E-state index >= 15 is 0 Å². The van der Waals surface area contributed by atoms with Crippen LogP contribution in [0.25, 0.3) is 0 Å². The van der Waals surface area contributed by atoms with E-state index < -0.39 is 0 Å². The van der Waals surface area contributed by atoms with E-state index in [1.165, 1.54) is 5.56 Å². The van der Waals surface area contributed by atoms with Crippen molar-refractivity contribution in [1.29, 1.82) is 5.26 Å². The van der Waals surface area contributed by atoms with Crippen LogP contribution in [0.15, 0.2) is 41.5 Å². The van der Waals surface area contributed by atoms with Crippen LogP contribution in [0.1, 0.15) is 50.4 Å². The number of likely N-dealkylation sites (tertiary alicyclic amines) is 1. The van der Waals surface area contributed by atoms with Crippen LogP contribution < -0.4 is 5.56 Å². The Kier molecular flexibility index (Phi) is 5.76. The van der Waals surface area contributed by atoms with Crippen LogP contribution in [0.2, 0.25) is 0 Å². The lowest BCUT2D eigenvalue weighted by molar-refractivity contribution is 0.166. The number of piperidine rings is 1. The molecule has 142 valence electrons. The summed E-state index contributed by atoms with van der Waals surface area (Å²) in [7, 11) is 0. The maximum atomic E-state index is 12.4. The molecule has 0 radical (unpaired) electrons. The number of rotatable bonds is 4. The quantitative estimate of drug-likeness (QED) is 0.835. The zero-order chi connectivity index (χ0) is 19.4. The lowest BCUT2D eigenvalue weighted by Crippen LogP contribution is -2.36. The second-order valence-corrected chi connectivity index (χ2v) is 8.54. The first kappa shape index (κ1) is 19.3. The molecular weight excluding hydrogens is 336 g/mol. The van der Waals surface area contributed by atoms with Crippen LogP contribution in [0.4, 0.5) is 0 Å². The molecule has 0 amide bonds.